The molecule has 2 aromatic carbocycles. The van der Waals surface area contributed by atoms with Gasteiger partial charge in [0.05, 0.1) is 30.0 Å². The van der Waals surface area contributed by atoms with E-state index in [0.717, 1.165) is 33.5 Å². The number of hydrogen-bond donors (Lipinski definition) is 0. The lowest BCUT2D eigenvalue weighted by molar-refractivity contribution is 0.0605. The highest BCUT2D eigenvalue weighted by molar-refractivity contribution is 5.98. The first-order valence-corrected chi connectivity index (χ1v) is 10.4. The second-order valence-electron chi connectivity index (χ2n) is 7.95. The number of aryl methyl sites for hydroxylation is 2. The predicted octanol–water partition coefficient (Wildman–Crippen LogP) is 3.88. The first-order chi connectivity index (χ1) is 15.0. The number of nitriles is 1. The third-order valence-electron chi connectivity index (χ3n) is 5.91. The van der Waals surface area contributed by atoms with Gasteiger partial charge in [-0.3, -0.25) is 14.7 Å². The van der Waals surface area contributed by atoms with E-state index in [1.165, 1.54) is 0 Å². The van der Waals surface area contributed by atoms with E-state index >= 15 is 0 Å². The molecule has 0 bridgehead atoms. The Balaban J connectivity index is 1.47. The molecule has 1 aromatic heterocycles. The van der Waals surface area contributed by atoms with Crippen molar-refractivity contribution >= 4 is 16.8 Å². The minimum absolute atomic E-state index is 0.00470. The Hall–Kier alpha value is -3.43. The van der Waals surface area contributed by atoms with Crippen LogP contribution in [0.2, 0.25) is 0 Å². The summed E-state index contributed by atoms with van der Waals surface area (Å²) in [6, 6.07) is 17.7. The number of benzene rings is 2. The van der Waals surface area contributed by atoms with Crippen LogP contribution in [0.4, 0.5) is 0 Å². The monoisotopic (exact) mass is 414 g/mol. The molecule has 0 saturated carbocycles. The summed E-state index contributed by atoms with van der Waals surface area (Å²) in [7, 11) is 1.63. The number of aromatic nitrogens is 1. The van der Waals surface area contributed by atoms with Crippen molar-refractivity contribution in [3.05, 3.63) is 70.9 Å². The van der Waals surface area contributed by atoms with Gasteiger partial charge in [0.1, 0.15) is 11.8 Å². The van der Waals surface area contributed by atoms with E-state index in [4.69, 9.17) is 4.74 Å². The molecule has 1 fully saturated rings. The van der Waals surface area contributed by atoms with E-state index in [0.29, 0.717) is 31.7 Å². The van der Waals surface area contributed by atoms with E-state index in [2.05, 4.69) is 16.0 Å². The van der Waals surface area contributed by atoms with Crippen molar-refractivity contribution in [2.45, 2.75) is 19.9 Å². The summed E-state index contributed by atoms with van der Waals surface area (Å²) in [6.45, 7) is 6.39. The topological polar surface area (TPSA) is 69.5 Å². The second kappa shape index (κ2) is 8.75. The van der Waals surface area contributed by atoms with Gasteiger partial charge in [-0.2, -0.15) is 5.26 Å². The maximum absolute atomic E-state index is 13.2. The average molecular weight is 415 g/mol. The SMILES string of the molecule is COc1ccc(C(C#N)N2CCN(C(=O)c3cc4ccc(C)cc4nc3C)CC2)cc1. The smallest absolute Gasteiger partial charge is 0.255 e. The molecule has 6 heteroatoms. The van der Waals surface area contributed by atoms with E-state index < -0.39 is 0 Å². The first kappa shape index (κ1) is 20.8. The number of hydrogen-bond acceptors (Lipinski definition) is 5. The average Bonchev–Trinajstić information content (AvgIpc) is 2.79. The highest BCUT2D eigenvalue weighted by atomic mass is 16.5. The lowest BCUT2D eigenvalue weighted by Crippen LogP contribution is -2.49. The molecule has 0 radical (unpaired) electrons. The fourth-order valence-corrected chi connectivity index (χ4v) is 4.10. The molecular weight excluding hydrogens is 388 g/mol. The van der Waals surface area contributed by atoms with Crippen molar-refractivity contribution in [2.75, 3.05) is 33.3 Å². The maximum atomic E-state index is 13.2. The molecule has 2 heterocycles. The van der Waals surface area contributed by atoms with Crippen LogP contribution < -0.4 is 4.74 Å². The van der Waals surface area contributed by atoms with Crippen LogP contribution in [0.5, 0.6) is 5.75 Å². The summed E-state index contributed by atoms with van der Waals surface area (Å²) in [5.74, 6) is 0.774. The molecule has 1 aliphatic heterocycles. The minimum atomic E-state index is -0.338. The van der Waals surface area contributed by atoms with Crippen LogP contribution >= 0.6 is 0 Å². The molecule has 1 atom stereocenters. The Labute approximate surface area is 182 Å². The molecule has 3 aromatic rings. The van der Waals surface area contributed by atoms with Crippen molar-refractivity contribution in [1.82, 2.24) is 14.8 Å². The quantitative estimate of drug-likeness (QED) is 0.648. The van der Waals surface area contributed by atoms with E-state index in [9.17, 15) is 10.1 Å². The molecule has 1 aliphatic rings. The second-order valence-corrected chi connectivity index (χ2v) is 7.95. The molecule has 1 saturated heterocycles. The Bertz CT molecular complexity index is 1140. The Morgan fingerprint density at radius 2 is 1.77 bits per heavy atom. The molecule has 6 nitrogen and oxygen atoms in total. The van der Waals surface area contributed by atoms with Gasteiger partial charge in [0.15, 0.2) is 0 Å². The molecular formula is C25H26N4O2. The van der Waals surface area contributed by atoms with Gasteiger partial charge in [-0.15, -0.1) is 0 Å². The van der Waals surface area contributed by atoms with Crippen molar-refractivity contribution in [3.8, 4) is 11.8 Å². The number of rotatable bonds is 4. The minimum Gasteiger partial charge on any atom is -0.497 e. The standard InChI is InChI=1S/C25H26N4O2/c1-17-4-5-20-15-22(18(2)27-23(20)14-17)25(30)29-12-10-28(11-13-29)24(16-26)19-6-8-21(31-3)9-7-19/h4-9,14-15,24H,10-13H2,1-3H3. The molecule has 0 aliphatic carbocycles. The molecule has 4 rings (SSSR count). The number of piperazine rings is 1. The van der Waals surface area contributed by atoms with Crippen molar-refractivity contribution in [3.63, 3.8) is 0 Å². The molecule has 1 amide bonds. The van der Waals surface area contributed by atoms with Gasteiger partial charge < -0.3 is 9.64 Å². The maximum Gasteiger partial charge on any atom is 0.255 e. The zero-order valence-electron chi connectivity index (χ0n) is 18.1. The summed E-state index contributed by atoms with van der Waals surface area (Å²) >= 11 is 0. The van der Waals surface area contributed by atoms with Crippen LogP contribution in [0.25, 0.3) is 10.9 Å². The fourth-order valence-electron chi connectivity index (χ4n) is 4.10. The van der Waals surface area contributed by atoms with E-state index in [1.807, 2.05) is 67.3 Å². The Kier molecular flexibility index (Phi) is 5.88. The summed E-state index contributed by atoms with van der Waals surface area (Å²) in [5.41, 5.74) is 4.40. The molecule has 0 spiro atoms. The summed E-state index contributed by atoms with van der Waals surface area (Å²) in [6.07, 6.45) is 0. The van der Waals surface area contributed by atoms with E-state index in [1.54, 1.807) is 7.11 Å². The number of nitrogens with zero attached hydrogens (tertiary/aromatic N) is 4. The van der Waals surface area contributed by atoms with Crippen LogP contribution in [-0.4, -0.2) is 54.0 Å². The normalized spacial score (nSPS) is 15.5. The number of ether oxygens (including phenoxy) is 1. The highest BCUT2D eigenvalue weighted by Crippen LogP contribution is 2.25. The number of carbonyl (C=O) groups is 1. The van der Waals surface area contributed by atoms with Gasteiger partial charge >= 0.3 is 0 Å². The number of methoxy groups -OCH3 is 1. The van der Waals surface area contributed by atoms with E-state index in [-0.39, 0.29) is 11.9 Å². The van der Waals surface area contributed by atoms with Crippen molar-refractivity contribution < 1.29 is 9.53 Å². The molecule has 1 unspecified atom stereocenters. The van der Waals surface area contributed by atoms with Gasteiger partial charge in [0.2, 0.25) is 0 Å². The summed E-state index contributed by atoms with van der Waals surface area (Å²) < 4.78 is 5.21. The van der Waals surface area contributed by atoms with Gasteiger partial charge in [-0.25, -0.2) is 0 Å². The van der Waals surface area contributed by atoms with Gasteiger partial charge in [-0.05, 0) is 49.2 Å². The lowest BCUT2D eigenvalue weighted by atomic mass is 10.0. The molecule has 158 valence electrons. The van der Waals surface area contributed by atoms with Crippen LogP contribution in [0.1, 0.15) is 33.2 Å². The molecule has 0 N–H and O–H groups in total. The van der Waals surface area contributed by atoms with Gasteiger partial charge in [0, 0.05) is 31.6 Å². The van der Waals surface area contributed by atoms with Crippen LogP contribution in [0.3, 0.4) is 0 Å². The third-order valence-corrected chi connectivity index (χ3v) is 5.91. The summed E-state index contributed by atoms with van der Waals surface area (Å²) in [5, 5.41) is 10.7. The molecule has 31 heavy (non-hydrogen) atoms. The third kappa shape index (κ3) is 4.23. The highest BCUT2D eigenvalue weighted by Gasteiger charge is 2.28. The number of amides is 1. The zero-order valence-corrected chi connectivity index (χ0v) is 18.1. The predicted molar refractivity (Wildman–Crippen MR) is 120 cm³/mol. The first-order valence-electron chi connectivity index (χ1n) is 10.4. The summed E-state index contributed by atoms with van der Waals surface area (Å²) in [4.78, 5) is 21.8. The van der Waals surface area contributed by atoms with Crippen LogP contribution in [0, 0.1) is 25.2 Å². The van der Waals surface area contributed by atoms with Crippen molar-refractivity contribution in [1.29, 1.82) is 5.26 Å². The Morgan fingerprint density at radius 3 is 2.42 bits per heavy atom. The largest absolute Gasteiger partial charge is 0.497 e. The van der Waals surface area contributed by atoms with Crippen LogP contribution in [-0.2, 0) is 0 Å². The van der Waals surface area contributed by atoms with Crippen molar-refractivity contribution in [2.24, 2.45) is 0 Å². The van der Waals surface area contributed by atoms with Gasteiger partial charge in [-0.1, -0.05) is 24.3 Å². The zero-order chi connectivity index (χ0) is 22.0. The van der Waals surface area contributed by atoms with Gasteiger partial charge in [0.25, 0.3) is 5.91 Å². The Morgan fingerprint density at radius 1 is 1.06 bits per heavy atom. The number of pyridine rings is 1. The lowest BCUT2D eigenvalue weighted by Gasteiger charge is -2.37. The number of fused-ring (bicyclic) bond motifs is 1. The van der Waals surface area contributed by atoms with Crippen LogP contribution in [0.15, 0.2) is 48.5 Å². The number of carbonyl (C=O) groups excluding carboxylic acids is 1. The fraction of sp³-hybridized carbons (Fsp3) is 0.320.